The number of nitrogens with one attached hydrogen (secondary N) is 2. The molecule has 3 rings (SSSR count). The number of nitro benzene ring substituents is 1. The maximum Gasteiger partial charge on any atom is 0.304 e. The zero-order valence-corrected chi connectivity index (χ0v) is 18.8. The molecule has 32 heavy (non-hydrogen) atoms. The molecule has 0 spiro atoms. The molecule has 11 heteroatoms. The number of carbonyl (C=O) groups is 1. The minimum Gasteiger partial charge on any atom is -0.361 e. The van der Waals surface area contributed by atoms with E-state index in [1.165, 1.54) is 25.0 Å². The van der Waals surface area contributed by atoms with Crippen LogP contribution in [0.1, 0.15) is 23.7 Å². The van der Waals surface area contributed by atoms with Gasteiger partial charge in [-0.15, -0.1) is 0 Å². The summed E-state index contributed by atoms with van der Waals surface area (Å²) in [7, 11) is -3.45. The molecule has 0 saturated heterocycles. The van der Waals surface area contributed by atoms with Crippen LogP contribution < -0.4 is 5.32 Å². The highest BCUT2D eigenvalue weighted by Gasteiger charge is 2.38. The second-order valence-corrected chi connectivity index (χ2v) is 10.0. The van der Waals surface area contributed by atoms with Crippen LogP contribution in [0.15, 0.2) is 48.8 Å². The molecule has 8 nitrogen and oxygen atoms in total. The maximum atomic E-state index is 13.8. The van der Waals surface area contributed by atoms with E-state index in [0.717, 1.165) is 17.6 Å². The van der Waals surface area contributed by atoms with Crippen molar-refractivity contribution in [2.24, 2.45) is 0 Å². The van der Waals surface area contributed by atoms with E-state index in [4.69, 9.17) is 16.1 Å². The van der Waals surface area contributed by atoms with Crippen LogP contribution in [0.25, 0.3) is 17.0 Å². The van der Waals surface area contributed by atoms with Crippen LogP contribution in [0.2, 0.25) is 5.02 Å². The Balaban J connectivity index is 1.90. The van der Waals surface area contributed by atoms with Crippen molar-refractivity contribution in [1.82, 2.24) is 10.3 Å². The van der Waals surface area contributed by atoms with Crippen LogP contribution in [0.5, 0.6) is 0 Å². The van der Waals surface area contributed by atoms with Gasteiger partial charge in [-0.3, -0.25) is 19.5 Å². The molecule has 3 aromatic rings. The zero-order valence-electron chi connectivity index (χ0n) is 17.2. The van der Waals surface area contributed by atoms with E-state index in [2.05, 4.69) is 10.3 Å². The first-order chi connectivity index (χ1) is 15.1. The van der Waals surface area contributed by atoms with Crippen molar-refractivity contribution in [1.29, 1.82) is 0 Å². The second-order valence-electron chi connectivity index (χ2n) is 6.97. The average Bonchev–Trinajstić information content (AvgIpc) is 3.10. The van der Waals surface area contributed by atoms with Crippen LogP contribution >= 0.6 is 19.0 Å². The highest BCUT2D eigenvalue weighted by atomic mass is 35.5. The number of nitro groups is 1. The van der Waals surface area contributed by atoms with E-state index in [1.807, 2.05) is 0 Å². The van der Waals surface area contributed by atoms with Gasteiger partial charge in [0.05, 0.1) is 11.5 Å². The van der Waals surface area contributed by atoms with Crippen molar-refractivity contribution in [3.63, 3.8) is 0 Å². The van der Waals surface area contributed by atoms with E-state index in [0.29, 0.717) is 21.5 Å². The molecule has 168 valence electrons. The van der Waals surface area contributed by atoms with Gasteiger partial charge in [-0.1, -0.05) is 11.6 Å². The number of hydrogen-bond acceptors (Lipinski definition) is 5. The molecule has 0 saturated carbocycles. The number of hydrogen-bond donors (Lipinski definition) is 2. The molecule has 2 aromatic carbocycles. The summed E-state index contributed by atoms with van der Waals surface area (Å²) >= 11 is 6.10. The Labute approximate surface area is 188 Å². The van der Waals surface area contributed by atoms with E-state index < -0.39 is 35.4 Å². The minimum atomic E-state index is -3.45. The number of fused-ring (bicyclic) bond motifs is 1. The lowest BCUT2D eigenvalue weighted by atomic mass is 10.1. The van der Waals surface area contributed by atoms with Crippen molar-refractivity contribution in [2.75, 3.05) is 13.3 Å². The number of rotatable bonds is 8. The van der Waals surface area contributed by atoms with Crippen LogP contribution in [0.3, 0.4) is 0 Å². The Kier molecular flexibility index (Phi) is 7.13. The first kappa shape index (κ1) is 23.7. The summed E-state index contributed by atoms with van der Waals surface area (Å²) < 4.78 is 32.5. The lowest BCUT2D eigenvalue weighted by Crippen LogP contribution is -2.25. The number of aromatic nitrogens is 1. The quantitative estimate of drug-likeness (QED) is 0.246. The van der Waals surface area contributed by atoms with Crippen LogP contribution in [-0.4, -0.2) is 29.1 Å². The number of H-pyrrole nitrogens is 1. The highest BCUT2D eigenvalue weighted by Crippen LogP contribution is 2.58. The standard InChI is InChI=1S/C21H20ClFN3O5P/c1-3-31-32(2,30)20(16-12-25-18-6-5-14(22)11-15(16)18)21(27)24-9-8-13-4-7-19(26(28)29)17(23)10-13/h4-12,20,25H,3H2,1-2H3,(H,24,27)/b9-8+. The number of carbonyl (C=O) groups excluding carboxylic acids is 1. The molecule has 0 aliphatic carbocycles. The molecule has 1 aromatic heterocycles. The van der Waals surface area contributed by atoms with Crippen molar-refractivity contribution < 1.29 is 23.2 Å². The second kappa shape index (κ2) is 9.65. The number of amides is 1. The van der Waals surface area contributed by atoms with Gasteiger partial charge in [-0.2, -0.15) is 4.39 Å². The molecule has 0 radical (unpaired) electrons. The number of halogens is 2. The molecule has 1 heterocycles. The van der Waals surface area contributed by atoms with E-state index in [-0.39, 0.29) is 6.61 Å². The Morgan fingerprint density at radius 1 is 1.38 bits per heavy atom. The van der Waals surface area contributed by atoms with Gasteiger partial charge in [-0.05, 0) is 54.5 Å². The predicted octanol–water partition coefficient (Wildman–Crippen LogP) is 5.64. The lowest BCUT2D eigenvalue weighted by Gasteiger charge is -2.22. The SMILES string of the molecule is CCOP(C)(=O)C(C(=O)N/C=C/c1ccc([N+](=O)[O-])c(F)c1)c1c[nH]c2ccc(Cl)cc12. The summed E-state index contributed by atoms with van der Waals surface area (Å²) in [4.78, 5) is 26.0. The van der Waals surface area contributed by atoms with Gasteiger partial charge in [0, 0.05) is 41.1 Å². The summed E-state index contributed by atoms with van der Waals surface area (Å²) in [5, 5.41) is 14.4. The van der Waals surface area contributed by atoms with Crippen molar-refractivity contribution >= 4 is 47.5 Å². The third-order valence-electron chi connectivity index (χ3n) is 4.74. The summed E-state index contributed by atoms with van der Waals surface area (Å²) in [6, 6.07) is 8.47. The Bertz CT molecular complexity index is 1260. The molecule has 0 aliphatic rings. The van der Waals surface area contributed by atoms with Gasteiger partial charge in [-0.25, -0.2) is 0 Å². The summed E-state index contributed by atoms with van der Waals surface area (Å²) in [5.74, 6) is -1.59. The minimum absolute atomic E-state index is 0.151. The Morgan fingerprint density at radius 3 is 2.78 bits per heavy atom. The number of benzene rings is 2. The largest absolute Gasteiger partial charge is 0.361 e. The summed E-state index contributed by atoms with van der Waals surface area (Å²) in [6.45, 7) is 3.22. The van der Waals surface area contributed by atoms with Crippen molar-refractivity contribution in [3.8, 4) is 0 Å². The van der Waals surface area contributed by atoms with E-state index >= 15 is 0 Å². The molecule has 0 aliphatic heterocycles. The highest BCUT2D eigenvalue weighted by molar-refractivity contribution is 7.59. The zero-order chi connectivity index (χ0) is 23.5. The normalized spacial score (nSPS) is 14.4. The molecule has 0 bridgehead atoms. The number of nitrogens with zero attached hydrogens (tertiary/aromatic N) is 1. The third-order valence-corrected chi connectivity index (χ3v) is 7.20. The van der Waals surface area contributed by atoms with Gasteiger partial charge in [0.1, 0.15) is 5.66 Å². The third kappa shape index (κ3) is 5.07. The van der Waals surface area contributed by atoms with Gasteiger partial charge in [0.15, 0.2) is 0 Å². The summed E-state index contributed by atoms with van der Waals surface area (Å²) in [6.07, 6.45) is 4.22. The molecule has 2 N–H and O–H groups in total. The first-order valence-electron chi connectivity index (χ1n) is 9.53. The van der Waals surface area contributed by atoms with E-state index in [9.17, 15) is 23.9 Å². The number of aromatic amines is 1. The van der Waals surface area contributed by atoms with Crippen LogP contribution in [-0.2, 0) is 13.9 Å². The van der Waals surface area contributed by atoms with Gasteiger partial charge >= 0.3 is 5.69 Å². The monoisotopic (exact) mass is 479 g/mol. The van der Waals surface area contributed by atoms with Crippen LogP contribution in [0.4, 0.5) is 10.1 Å². The first-order valence-corrected chi connectivity index (χ1v) is 12.0. The molecular weight excluding hydrogens is 460 g/mol. The van der Waals surface area contributed by atoms with Gasteiger partial charge in [0.2, 0.25) is 19.1 Å². The van der Waals surface area contributed by atoms with E-state index in [1.54, 1.807) is 31.3 Å². The topological polar surface area (TPSA) is 114 Å². The lowest BCUT2D eigenvalue weighted by molar-refractivity contribution is -0.387. The van der Waals surface area contributed by atoms with Gasteiger partial charge < -0.3 is 14.8 Å². The molecule has 1 amide bonds. The molecule has 0 fully saturated rings. The molecule has 2 atom stereocenters. The average molecular weight is 480 g/mol. The fraction of sp³-hybridized carbons (Fsp3) is 0.190. The van der Waals surface area contributed by atoms with Gasteiger partial charge in [0.25, 0.3) is 0 Å². The van der Waals surface area contributed by atoms with Crippen LogP contribution in [0, 0.1) is 15.9 Å². The van der Waals surface area contributed by atoms with Crippen molar-refractivity contribution in [2.45, 2.75) is 12.6 Å². The Morgan fingerprint density at radius 2 is 2.12 bits per heavy atom. The fourth-order valence-corrected chi connectivity index (χ4v) is 5.41. The fourth-order valence-electron chi connectivity index (χ4n) is 3.35. The molecular formula is C21H20ClFN3O5P. The molecule has 2 unspecified atom stereocenters. The maximum absolute atomic E-state index is 13.8. The summed E-state index contributed by atoms with van der Waals surface area (Å²) in [5.41, 5.74) is -0.293. The smallest absolute Gasteiger partial charge is 0.304 e. The van der Waals surface area contributed by atoms with Crippen molar-refractivity contribution in [3.05, 3.63) is 80.9 Å². The predicted molar refractivity (Wildman–Crippen MR) is 121 cm³/mol. The Hall–Kier alpha value is -3.00.